The van der Waals surface area contributed by atoms with E-state index in [1.165, 1.54) is 83.1 Å². The summed E-state index contributed by atoms with van der Waals surface area (Å²) < 4.78 is 0. The van der Waals surface area contributed by atoms with Crippen molar-refractivity contribution in [2.45, 2.75) is 109 Å². The van der Waals surface area contributed by atoms with Gasteiger partial charge in [-0.1, -0.05) is 121 Å². The summed E-state index contributed by atoms with van der Waals surface area (Å²) in [5.41, 5.74) is -1.35. The Morgan fingerprint density at radius 1 is 0.700 bits per heavy atom. The molecule has 0 fully saturated rings. The van der Waals surface area contributed by atoms with Crippen LogP contribution in [0.5, 0.6) is 0 Å². The van der Waals surface area contributed by atoms with Crippen LogP contribution in [0.15, 0.2) is 36.4 Å². The number of unbranched alkanes of at least 4 members (excludes halogenated alkanes) is 14. The van der Waals surface area contributed by atoms with Crippen LogP contribution >= 0.6 is 0 Å². The second-order valence-electron chi connectivity index (χ2n) is 8.76. The summed E-state index contributed by atoms with van der Waals surface area (Å²) in [6.07, 6.45) is 22.5. The Morgan fingerprint density at radius 3 is 1.53 bits per heavy atom. The van der Waals surface area contributed by atoms with Gasteiger partial charge in [0.15, 0.2) is 0 Å². The van der Waals surface area contributed by atoms with Gasteiger partial charge in [0.2, 0.25) is 17.2 Å². The van der Waals surface area contributed by atoms with Gasteiger partial charge in [0.05, 0.1) is 0 Å². The van der Waals surface area contributed by atoms with Crippen molar-refractivity contribution in [3.05, 3.63) is 47.5 Å². The first kappa shape index (κ1) is 24.5. The van der Waals surface area contributed by atoms with Gasteiger partial charge >= 0.3 is 0 Å². The number of hydrogen-bond donors (Lipinski definition) is 1. The largest absolute Gasteiger partial charge is 0.371 e. The first-order valence-electron chi connectivity index (χ1n) is 12.2. The number of ketones is 2. The molecule has 1 N–H and O–H groups in total. The maximum absolute atomic E-state index is 12.4. The lowest BCUT2D eigenvalue weighted by Gasteiger charge is -2.13. The molecule has 30 heavy (non-hydrogen) atoms. The van der Waals surface area contributed by atoms with Crippen molar-refractivity contribution in [1.82, 2.24) is 0 Å². The molecular formula is C27H40O3. The molecule has 0 atom stereocenters. The van der Waals surface area contributed by atoms with Crippen LogP contribution in [-0.2, 0) is 0 Å². The maximum atomic E-state index is 12.4. The Hall–Kier alpha value is -1.74. The van der Waals surface area contributed by atoms with Gasteiger partial charge in [-0.3, -0.25) is 9.59 Å². The number of hydrogen-bond acceptors (Lipinski definition) is 3. The van der Waals surface area contributed by atoms with Gasteiger partial charge in [-0.25, -0.2) is 0 Å². The molecular weight excluding hydrogens is 372 g/mol. The van der Waals surface area contributed by atoms with E-state index in [1.807, 2.05) is 0 Å². The zero-order chi connectivity index (χ0) is 21.7. The van der Waals surface area contributed by atoms with Gasteiger partial charge in [-0.05, 0) is 18.9 Å². The second kappa shape index (κ2) is 13.5. The van der Waals surface area contributed by atoms with Crippen LogP contribution in [0.1, 0.15) is 124 Å². The Labute approximate surface area is 183 Å². The number of aliphatic hydroxyl groups is 1. The van der Waals surface area contributed by atoms with Crippen LogP contribution in [-0.4, -0.2) is 22.3 Å². The molecule has 0 aliphatic heterocycles. The Bertz CT molecular complexity index is 654. The van der Waals surface area contributed by atoms with Crippen molar-refractivity contribution < 1.29 is 14.7 Å². The molecule has 166 valence electrons. The molecule has 1 aromatic rings. The van der Waals surface area contributed by atoms with E-state index in [0.717, 1.165) is 19.3 Å². The summed E-state index contributed by atoms with van der Waals surface area (Å²) in [5.74, 6) is -0.999. The van der Waals surface area contributed by atoms with Crippen LogP contribution in [0, 0.1) is 0 Å². The third kappa shape index (κ3) is 7.19. The van der Waals surface area contributed by atoms with E-state index in [9.17, 15) is 14.7 Å². The zero-order valence-corrected chi connectivity index (χ0v) is 18.8. The van der Waals surface area contributed by atoms with E-state index in [-0.39, 0.29) is 0 Å². The van der Waals surface area contributed by atoms with Crippen LogP contribution < -0.4 is 0 Å². The molecule has 0 radical (unpaired) electrons. The monoisotopic (exact) mass is 412 g/mol. The molecule has 1 aromatic carbocycles. The third-order valence-corrected chi connectivity index (χ3v) is 6.19. The molecule has 3 nitrogen and oxygen atoms in total. The highest BCUT2D eigenvalue weighted by atomic mass is 16.3. The lowest BCUT2D eigenvalue weighted by Crippen LogP contribution is -2.38. The van der Waals surface area contributed by atoms with Gasteiger partial charge in [-0.2, -0.15) is 0 Å². The van der Waals surface area contributed by atoms with Crippen molar-refractivity contribution in [3.8, 4) is 0 Å². The fourth-order valence-corrected chi connectivity index (χ4v) is 4.25. The number of carbonyl (C=O) groups is 2. The van der Waals surface area contributed by atoms with Crippen molar-refractivity contribution in [2.75, 3.05) is 0 Å². The maximum Gasteiger partial charge on any atom is 0.209 e. The number of benzene rings is 1. The number of fused-ring (bicyclic) bond motifs is 1. The lowest BCUT2D eigenvalue weighted by molar-refractivity contribution is 0.0484. The Kier molecular flexibility index (Phi) is 11.1. The molecule has 0 bridgehead atoms. The van der Waals surface area contributed by atoms with Crippen molar-refractivity contribution in [1.29, 1.82) is 0 Å². The number of rotatable bonds is 16. The second-order valence-corrected chi connectivity index (χ2v) is 8.76. The summed E-state index contributed by atoms with van der Waals surface area (Å²) in [5, 5.41) is 10.6. The average molecular weight is 413 g/mol. The summed E-state index contributed by atoms with van der Waals surface area (Å²) >= 11 is 0. The van der Waals surface area contributed by atoms with Gasteiger partial charge in [0.25, 0.3) is 0 Å². The quantitative estimate of drug-likeness (QED) is 0.177. The van der Waals surface area contributed by atoms with Crippen LogP contribution in [0.2, 0.25) is 0 Å². The summed E-state index contributed by atoms with van der Waals surface area (Å²) in [6, 6.07) is 6.65. The highest BCUT2D eigenvalue weighted by molar-refractivity contribution is 6.33. The number of allylic oxidation sites excluding steroid dienone is 1. The minimum atomic E-state index is -2.00. The van der Waals surface area contributed by atoms with Crippen molar-refractivity contribution in [3.63, 3.8) is 0 Å². The summed E-state index contributed by atoms with van der Waals surface area (Å²) in [7, 11) is 0. The highest BCUT2D eigenvalue weighted by Gasteiger charge is 2.49. The molecule has 0 heterocycles. The first-order chi connectivity index (χ1) is 14.6. The molecule has 0 unspecified atom stereocenters. The van der Waals surface area contributed by atoms with Crippen LogP contribution in [0.3, 0.4) is 0 Å². The van der Waals surface area contributed by atoms with E-state index in [4.69, 9.17) is 0 Å². The van der Waals surface area contributed by atoms with Gasteiger partial charge in [0.1, 0.15) is 0 Å². The van der Waals surface area contributed by atoms with E-state index in [1.54, 1.807) is 30.3 Å². The van der Waals surface area contributed by atoms with E-state index in [2.05, 4.69) is 6.92 Å². The van der Waals surface area contributed by atoms with Gasteiger partial charge < -0.3 is 5.11 Å². The van der Waals surface area contributed by atoms with Crippen LogP contribution in [0.4, 0.5) is 0 Å². The Morgan fingerprint density at radius 2 is 1.10 bits per heavy atom. The lowest BCUT2D eigenvalue weighted by atomic mass is 9.96. The minimum absolute atomic E-state index is 0.325. The van der Waals surface area contributed by atoms with E-state index >= 15 is 0 Å². The highest BCUT2D eigenvalue weighted by Crippen LogP contribution is 2.31. The molecule has 0 amide bonds. The first-order valence-corrected chi connectivity index (χ1v) is 12.2. The zero-order valence-electron chi connectivity index (χ0n) is 18.8. The smallest absolute Gasteiger partial charge is 0.209 e. The van der Waals surface area contributed by atoms with Gasteiger partial charge in [-0.15, -0.1) is 0 Å². The minimum Gasteiger partial charge on any atom is -0.371 e. The number of carbonyl (C=O) groups excluding carboxylic acids is 2. The molecule has 2 rings (SSSR count). The predicted molar refractivity (Wildman–Crippen MR) is 124 cm³/mol. The van der Waals surface area contributed by atoms with E-state index in [0.29, 0.717) is 11.1 Å². The topological polar surface area (TPSA) is 54.4 Å². The SMILES string of the molecule is CCCCCCCCCCCCCCCCC=CC1(O)C(=O)c2ccccc2C1=O. The predicted octanol–water partition coefficient (Wildman–Crippen LogP) is 7.22. The molecule has 3 heteroatoms. The van der Waals surface area contributed by atoms with Crippen LogP contribution in [0.25, 0.3) is 0 Å². The average Bonchev–Trinajstić information content (AvgIpc) is 2.95. The number of Topliss-reactive ketones (excluding diaryl/α,β-unsaturated/α-hetero) is 2. The van der Waals surface area contributed by atoms with Gasteiger partial charge in [0, 0.05) is 11.1 Å². The molecule has 0 saturated carbocycles. The van der Waals surface area contributed by atoms with Crippen molar-refractivity contribution >= 4 is 11.6 Å². The summed E-state index contributed by atoms with van der Waals surface area (Å²) in [6.45, 7) is 2.26. The fraction of sp³-hybridized carbons (Fsp3) is 0.630. The third-order valence-electron chi connectivity index (χ3n) is 6.19. The molecule has 0 spiro atoms. The molecule has 0 saturated heterocycles. The normalized spacial score (nSPS) is 15.3. The summed E-state index contributed by atoms with van der Waals surface area (Å²) in [4.78, 5) is 24.8. The molecule has 1 aliphatic rings. The standard InChI is InChI=1S/C27H40O3/c1-2-3-4-5-6-7-8-9-10-11-12-13-14-15-16-19-22-27(30)25(28)23-20-17-18-21-24(23)26(27)29/h17-22,30H,2-16H2,1H3. The fourth-order valence-electron chi connectivity index (χ4n) is 4.25. The van der Waals surface area contributed by atoms with Crippen molar-refractivity contribution in [2.24, 2.45) is 0 Å². The Balaban J connectivity index is 1.48. The molecule has 1 aliphatic carbocycles. The van der Waals surface area contributed by atoms with E-state index < -0.39 is 17.2 Å². The molecule has 0 aromatic heterocycles.